The summed E-state index contributed by atoms with van der Waals surface area (Å²) in [5, 5.41) is 11.8. The van der Waals surface area contributed by atoms with Crippen molar-refractivity contribution in [3.63, 3.8) is 0 Å². The highest BCUT2D eigenvalue weighted by molar-refractivity contribution is 5.94. The van der Waals surface area contributed by atoms with Gasteiger partial charge in [0, 0.05) is 24.7 Å². The van der Waals surface area contributed by atoms with Gasteiger partial charge in [-0.2, -0.15) is 0 Å². The lowest BCUT2D eigenvalue weighted by Crippen LogP contribution is -2.34. The van der Waals surface area contributed by atoms with Gasteiger partial charge in [0.1, 0.15) is 0 Å². The molecule has 22 heavy (non-hydrogen) atoms. The van der Waals surface area contributed by atoms with Crippen molar-refractivity contribution in [2.75, 3.05) is 25.0 Å². The number of amides is 2. The largest absolute Gasteiger partial charge is 0.395 e. The Bertz CT molecular complexity index is 535. The van der Waals surface area contributed by atoms with Crippen LogP contribution >= 0.6 is 0 Å². The zero-order valence-electron chi connectivity index (χ0n) is 12.6. The summed E-state index contributed by atoms with van der Waals surface area (Å²) < 4.78 is 0. The van der Waals surface area contributed by atoms with E-state index >= 15 is 0 Å². The van der Waals surface area contributed by atoms with Crippen LogP contribution in [-0.4, -0.2) is 41.5 Å². The van der Waals surface area contributed by atoms with E-state index in [1.54, 1.807) is 11.0 Å². The van der Waals surface area contributed by atoms with Crippen LogP contribution in [0.2, 0.25) is 0 Å². The number of anilines is 1. The minimum Gasteiger partial charge on any atom is -0.395 e. The van der Waals surface area contributed by atoms with Crippen LogP contribution in [0.25, 0.3) is 0 Å². The Morgan fingerprint density at radius 3 is 2.55 bits per heavy atom. The molecule has 0 atom stereocenters. The molecule has 5 heteroatoms. The molecule has 118 valence electrons. The van der Waals surface area contributed by atoms with E-state index < -0.39 is 0 Å². The lowest BCUT2D eigenvalue weighted by Gasteiger charge is -2.20. The minimum atomic E-state index is -0.0638. The lowest BCUT2D eigenvalue weighted by molar-refractivity contribution is -0.130. The summed E-state index contributed by atoms with van der Waals surface area (Å²) in [5.74, 6) is 0.194. The molecule has 1 aliphatic carbocycles. The SMILES string of the molecule is C=CCN(CCO)C(=O)Cc1ccc(NC(=O)C2CC2)cc1. The molecular formula is C17H22N2O3. The number of nitrogens with one attached hydrogen (secondary N) is 1. The zero-order valence-corrected chi connectivity index (χ0v) is 12.6. The molecular weight excluding hydrogens is 280 g/mol. The first-order valence-corrected chi connectivity index (χ1v) is 7.53. The topological polar surface area (TPSA) is 69.6 Å². The molecule has 1 saturated carbocycles. The predicted octanol–water partition coefficient (Wildman–Crippen LogP) is 1.58. The number of carbonyl (C=O) groups excluding carboxylic acids is 2. The molecule has 0 aliphatic heterocycles. The molecule has 5 nitrogen and oxygen atoms in total. The Labute approximate surface area is 130 Å². The van der Waals surface area contributed by atoms with Crippen molar-refractivity contribution in [1.82, 2.24) is 4.90 Å². The smallest absolute Gasteiger partial charge is 0.227 e. The standard InChI is InChI=1S/C17H22N2O3/c1-2-9-19(10-11-20)16(21)12-13-3-7-15(8-4-13)18-17(22)14-5-6-14/h2-4,7-8,14,20H,1,5-6,9-12H2,(H,18,22). The van der Waals surface area contributed by atoms with E-state index in [2.05, 4.69) is 11.9 Å². The number of benzene rings is 1. The third-order valence-corrected chi connectivity index (χ3v) is 3.60. The average molecular weight is 302 g/mol. The van der Waals surface area contributed by atoms with Gasteiger partial charge < -0.3 is 15.3 Å². The van der Waals surface area contributed by atoms with Crippen LogP contribution in [0.4, 0.5) is 5.69 Å². The summed E-state index contributed by atoms with van der Waals surface area (Å²) in [6.45, 7) is 4.28. The maximum atomic E-state index is 12.2. The molecule has 1 aliphatic rings. The van der Waals surface area contributed by atoms with Gasteiger partial charge in [-0.25, -0.2) is 0 Å². The van der Waals surface area contributed by atoms with Gasteiger partial charge in [-0.1, -0.05) is 18.2 Å². The van der Waals surface area contributed by atoms with Gasteiger partial charge in [0.05, 0.1) is 13.0 Å². The van der Waals surface area contributed by atoms with E-state index in [0.717, 1.165) is 24.1 Å². The van der Waals surface area contributed by atoms with Crippen molar-refractivity contribution in [3.8, 4) is 0 Å². The molecule has 2 N–H and O–H groups in total. The number of nitrogens with zero attached hydrogens (tertiary/aromatic N) is 1. The Morgan fingerprint density at radius 1 is 1.32 bits per heavy atom. The van der Waals surface area contributed by atoms with Crippen LogP contribution in [0.3, 0.4) is 0 Å². The average Bonchev–Trinajstić information content (AvgIpc) is 3.33. The summed E-state index contributed by atoms with van der Waals surface area (Å²) in [5.41, 5.74) is 1.63. The Balaban J connectivity index is 1.90. The van der Waals surface area contributed by atoms with E-state index in [1.165, 1.54) is 0 Å². The minimum absolute atomic E-state index is 0.0521. The molecule has 0 aromatic heterocycles. The second kappa shape index (κ2) is 7.75. The van der Waals surface area contributed by atoms with Gasteiger partial charge in [-0.05, 0) is 30.5 Å². The van der Waals surface area contributed by atoms with E-state index in [9.17, 15) is 9.59 Å². The maximum Gasteiger partial charge on any atom is 0.227 e. The molecule has 0 saturated heterocycles. The second-order valence-corrected chi connectivity index (χ2v) is 5.49. The summed E-state index contributed by atoms with van der Waals surface area (Å²) >= 11 is 0. The molecule has 1 aromatic carbocycles. The van der Waals surface area contributed by atoms with Crippen molar-refractivity contribution in [1.29, 1.82) is 0 Å². The van der Waals surface area contributed by atoms with Crippen LogP contribution in [0.1, 0.15) is 18.4 Å². The van der Waals surface area contributed by atoms with E-state index in [4.69, 9.17) is 5.11 Å². The van der Waals surface area contributed by atoms with E-state index in [-0.39, 0.29) is 30.8 Å². The normalized spacial score (nSPS) is 13.5. The molecule has 2 rings (SSSR count). The van der Waals surface area contributed by atoms with Crippen LogP contribution < -0.4 is 5.32 Å². The third kappa shape index (κ3) is 4.70. The summed E-state index contributed by atoms with van der Waals surface area (Å²) in [6, 6.07) is 7.30. The van der Waals surface area contributed by atoms with Crippen LogP contribution in [0, 0.1) is 5.92 Å². The summed E-state index contributed by atoms with van der Waals surface area (Å²) in [7, 11) is 0. The predicted molar refractivity (Wildman–Crippen MR) is 85.4 cm³/mol. The molecule has 0 unspecified atom stereocenters. The van der Waals surface area contributed by atoms with Gasteiger partial charge in [0.15, 0.2) is 0 Å². The van der Waals surface area contributed by atoms with Crippen molar-refractivity contribution in [3.05, 3.63) is 42.5 Å². The monoisotopic (exact) mass is 302 g/mol. The molecule has 0 spiro atoms. The first-order valence-electron chi connectivity index (χ1n) is 7.53. The highest BCUT2D eigenvalue weighted by atomic mass is 16.3. The number of hydrogen-bond acceptors (Lipinski definition) is 3. The van der Waals surface area contributed by atoms with Crippen LogP contribution in [-0.2, 0) is 16.0 Å². The Morgan fingerprint density at radius 2 is 2.00 bits per heavy atom. The number of rotatable bonds is 8. The lowest BCUT2D eigenvalue weighted by atomic mass is 10.1. The maximum absolute atomic E-state index is 12.2. The molecule has 1 fully saturated rings. The van der Waals surface area contributed by atoms with Crippen molar-refractivity contribution in [2.24, 2.45) is 5.92 Å². The van der Waals surface area contributed by atoms with Crippen molar-refractivity contribution < 1.29 is 14.7 Å². The van der Waals surface area contributed by atoms with Gasteiger partial charge >= 0.3 is 0 Å². The zero-order chi connectivity index (χ0) is 15.9. The van der Waals surface area contributed by atoms with Gasteiger partial charge in [-0.3, -0.25) is 9.59 Å². The third-order valence-electron chi connectivity index (χ3n) is 3.60. The van der Waals surface area contributed by atoms with E-state index in [0.29, 0.717) is 13.1 Å². The second-order valence-electron chi connectivity index (χ2n) is 5.49. The van der Waals surface area contributed by atoms with Gasteiger partial charge in [0.25, 0.3) is 0 Å². The number of hydrogen-bond donors (Lipinski definition) is 2. The Hall–Kier alpha value is -2.14. The molecule has 1 aromatic rings. The van der Waals surface area contributed by atoms with Crippen molar-refractivity contribution >= 4 is 17.5 Å². The highest BCUT2D eigenvalue weighted by Gasteiger charge is 2.29. The first kappa shape index (κ1) is 16.2. The fourth-order valence-corrected chi connectivity index (χ4v) is 2.18. The summed E-state index contributed by atoms with van der Waals surface area (Å²) in [4.78, 5) is 25.4. The molecule has 2 amide bonds. The van der Waals surface area contributed by atoms with Gasteiger partial charge in [0.2, 0.25) is 11.8 Å². The fourth-order valence-electron chi connectivity index (χ4n) is 2.18. The molecule has 0 bridgehead atoms. The molecule has 0 heterocycles. The molecule has 0 radical (unpaired) electrons. The highest BCUT2D eigenvalue weighted by Crippen LogP contribution is 2.30. The number of aliphatic hydroxyl groups is 1. The Kier molecular flexibility index (Phi) is 5.72. The van der Waals surface area contributed by atoms with Crippen LogP contribution in [0.15, 0.2) is 36.9 Å². The number of carbonyl (C=O) groups is 2. The van der Waals surface area contributed by atoms with Crippen LogP contribution in [0.5, 0.6) is 0 Å². The quantitative estimate of drug-likeness (QED) is 0.716. The summed E-state index contributed by atoms with van der Waals surface area (Å²) in [6.07, 6.45) is 3.86. The van der Waals surface area contributed by atoms with Gasteiger partial charge in [-0.15, -0.1) is 6.58 Å². The first-order chi connectivity index (χ1) is 10.6. The van der Waals surface area contributed by atoms with E-state index in [1.807, 2.05) is 24.3 Å². The fraction of sp³-hybridized carbons (Fsp3) is 0.412. The van der Waals surface area contributed by atoms with Crippen molar-refractivity contribution in [2.45, 2.75) is 19.3 Å². The number of aliphatic hydroxyl groups excluding tert-OH is 1.